The van der Waals surface area contributed by atoms with Crippen molar-refractivity contribution in [2.75, 3.05) is 0 Å². The minimum absolute atomic E-state index is 0. The first kappa shape index (κ1) is 15.1. The summed E-state index contributed by atoms with van der Waals surface area (Å²) in [4.78, 5) is 8.58. The second-order valence-electron chi connectivity index (χ2n) is 6.01. The number of rotatable bonds is 0. The molecule has 2 N–H and O–H groups in total. The van der Waals surface area contributed by atoms with Crippen LogP contribution in [0.25, 0.3) is 0 Å². The van der Waals surface area contributed by atoms with E-state index in [9.17, 15) is 0 Å². The van der Waals surface area contributed by atoms with Gasteiger partial charge >= 0.3 is 0 Å². The lowest BCUT2D eigenvalue weighted by molar-refractivity contribution is 0.0703. The summed E-state index contributed by atoms with van der Waals surface area (Å²) in [6.45, 7) is 0. The molecule has 4 bridgehead atoms. The van der Waals surface area contributed by atoms with Gasteiger partial charge in [0.1, 0.15) is 18.3 Å². The van der Waals surface area contributed by atoms with E-state index in [1.54, 1.807) is 0 Å². The van der Waals surface area contributed by atoms with E-state index in [1.165, 1.54) is 23.2 Å². The fourth-order valence-corrected chi connectivity index (χ4v) is 3.73. The van der Waals surface area contributed by atoms with Crippen LogP contribution in [0, 0.1) is 11.1 Å². The zero-order valence-electron chi connectivity index (χ0n) is 13.1. The van der Waals surface area contributed by atoms with Crippen molar-refractivity contribution in [1.29, 1.82) is 11.1 Å². The molecule has 4 unspecified atom stereocenters. The van der Waals surface area contributed by atoms with Crippen LogP contribution in [0.2, 0.25) is 0 Å². The number of fused-ring (bicyclic) bond motifs is 10. The molecule has 0 radical (unpaired) electrons. The normalized spacial score (nSPS) is 29.2. The molecule has 2 aromatic heterocycles. The Hall–Kier alpha value is -2.44. The predicted molar refractivity (Wildman–Crippen MR) is 87.5 cm³/mol. The molecule has 0 aromatic carbocycles. The molecule has 4 aliphatic heterocycles. The van der Waals surface area contributed by atoms with E-state index in [0.29, 0.717) is 12.2 Å². The van der Waals surface area contributed by atoms with E-state index in [1.807, 2.05) is 24.5 Å². The standard InChI is InChI=1S/C9H9NO.C9H7NO.H2N2.H2/c2*1-2-6-7-3-4-8(11-7)9(6)10-5-1;1-2;/h1-2,5,7-8H,3-4H2;1-5,7-8H;1-2H;1H. The van der Waals surface area contributed by atoms with Crippen LogP contribution in [-0.2, 0) is 9.47 Å². The largest absolute Gasteiger partial charge is 0.364 e. The maximum Gasteiger partial charge on any atom is 0.119 e. The lowest BCUT2D eigenvalue weighted by Gasteiger charge is -2.08. The van der Waals surface area contributed by atoms with Crippen LogP contribution in [0.15, 0.2) is 48.8 Å². The molecule has 1 saturated heterocycles. The van der Waals surface area contributed by atoms with Crippen LogP contribution in [0.4, 0.5) is 0 Å². The Morgan fingerprint density at radius 1 is 0.833 bits per heavy atom. The van der Waals surface area contributed by atoms with Gasteiger partial charge in [-0.15, -0.1) is 0 Å². The summed E-state index contributed by atoms with van der Waals surface area (Å²) >= 11 is 0. The molecule has 4 aliphatic rings. The number of nitrogens with zero attached hydrogens (tertiary/aromatic N) is 2. The van der Waals surface area contributed by atoms with Crippen molar-refractivity contribution in [2.24, 2.45) is 0 Å². The van der Waals surface area contributed by atoms with Gasteiger partial charge in [0.05, 0.1) is 17.5 Å². The second kappa shape index (κ2) is 6.22. The molecular weight excluding hydrogens is 304 g/mol. The highest BCUT2D eigenvalue weighted by atomic mass is 16.5. The molecule has 0 spiro atoms. The van der Waals surface area contributed by atoms with Gasteiger partial charge < -0.3 is 9.47 Å². The van der Waals surface area contributed by atoms with Gasteiger partial charge in [-0.2, -0.15) is 0 Å². The number of hydrogen-bond acceptors (Lipinski definition) is 6. The quantitative estimate of drug-likeness (QED) is 0.547. The Kier molecular flexibility index (Phi) is 3.92. The van der Waals surface area contributed by atoms with Crippen molar-refractivity contribution in [1.82, 2.24) is 9.97 Å². The zero-order valence-corrected chi connectivity index (χ0v) is 13.1. The first-order valence-electron chi connectivity index (χ1n) is 8.04. The summed E-state index contributed by atoms with van der Waals surface area (Å²) in [7, 11) is 0. The van der Waals surface area contributed by atoms with Crippen LogP contribution in [0.5, 0.6) is 0 Å². The van der Waals surface area contributed by atoms with Crippen molar-refractivity contribution < 1.29 is 10.9 Å². The first-order valence-corrected chi connectivity index (χ1v) is 8.04. The Labute approximate surface area is 141 Å². The Morgan fingerprint density at radius 2 is 1.50 bits per heavy atom. The SMILES string of the molecule is C1=CC2OC1c1cccnc12.N=N.[HH].c1cnc2c(c1)C1CCC2O1. The van der Waals surface area contributed by atoms with Crippen LogP contribution in [0.1, 0.15) is 61.2 Å². The number of hydrogen-bond donors (Lipinski definition) is 2. The molecule has 0 saturated carbocycles. The summed E-state index contributed by atoms with van der Waals surface area (Å²) < 4.78 is 11.2. The second-order valence-corrected chi connectivity index (χ2v) is 6.01. The summed E-state index contributed by atoms with van der Waals surface area (Å²) in [6, 6.07) is 8.16. The Balaban J connectivity index is 0.000000128. The van der Waals surface area contributed by atoms with Gasteiger partial charge in [-0.25, -0.2) is 11.1 Å². The van der Waals surface area contributed by atoms with Gasteiger partial charge in [0, 0.05) is 24.9 Å². The van der Waals surface area contributed by atoms with Crippen molar-refractivity contribution in [3.8, 4) is 0 Å². The highest BCUT2D eigenvalue weighted by Gasteiger charge is 2.38. The molecule has 0 amide bonds. The van der Waals surface area contributed by atoms with Crippen molar-refractivity contribution >= 4 is 0 Å². The van der Waals surface area contributed by atoms with Crippen molar-refractivity contribution in [3.63, 3.8) is 0 Å². The number of ether oxygens (including phenoxy) is 2. The predicted octanol–water partition coefficient (Wildman–Crippen LogP) is 4.59. The van der Waals surface area contributed by atoms with Crippen LogP contribution >= 0.6 is 0 Å². The van der Waals surface area contributed by atoms with Crippen LogP contribution in [-0.4, -0.2) is 9.97 Å². The minimum Gasteiger partial charge on any atom is -0.364 e. The van der Waals surface area contributed by atoms with Crippen LogP contribution in [0.3, 0.4) is 0 Å². The third-order valence-electron chi connectivity index (χ3n) is 4.74. The molecule has 6 heterocycles. The highest BCUT2D eigenvalue weighted by molar-refractivity contribution is 5.38. The molecule has 124 valence electrons. The molecule has 6 nitrogen and oxygen atoms in total. The molecule has 2 aromatic rings. The van der Waals surface area contributed by atoms with E-state index in [4.69, 9.17) is 20.5 Å². The van der Waals surface area contributed by atoms with Gasteiger partial charge in [0.2, 0.25) is 0 Å². The highest BCUT2D eigenvalue weighted by Crippen LogP contribution is 2.49. The summed E-state index contributed by atoms with van der Waals surface area (Å²) in [5.74, 6) is 0. The summed E-state index contributed by atoms with van der Waals surface area (Å²) in [5.41, 5.74) is 14.8. The van der Waals surface area contributed by atoms with E-state index < -0.39 is 0 Å². The van der Waals surface area contributed by atoms with Crippen molar-refractivity contribution in [3.05, 3.63) is 71.3 Å². The Morgan fingerprint density at radius 3 is 2.25 bits per heavy atom. The maximum atomic E-state index is 5.68. The molecule has 1 fully saturated rings. The van der Waals surface area contributed by atoms with Gasteiger partial charge in [-0.1, -0.05) is 24.3 Å². The fraction of sp³-hybridized carbons (Fsp3) is 0.333. The molecule has 0 aliphatic carbocycles. The molecule has 4 atom stereocenters. The molecule has 6 heteroatoms. The summed E-state index contributed by atoms with van der Waals surface area (Å²) in [6.07, 6.45) is 11.2. The first-order chi connectivity index (χ1) is 11.9. The number of pyridine rings is 2. The average molecular weight is 324 g/mol. The van der Waals surface area contributed by atoms with Gasteiger partial charge in [0.25, 0.3) is 0 Å². The summed E-state index contributed by atoms with van der Waals surface area (Å²) in [5, 5.41) is 0. The van der Waals surface area contributed by atoms with Gasteiger partial charge in [-0.05, 0) is 25.0 Å². The zero-order chi connectivity index (χ0) is 16.5. The molecule has 24 heavy (non-hydrogen) atoms. The minimum atomic E-state index is 0. The lowest BCUT2D eigenvalue weighted by atomic mass is 9.96. The van der Waals surface area contributed by atoms with E-state index in [0.717, 1.165) is 12.1 Å². The van der Waals surface area contributed by atoms with Crippen molar-refractivity contribution in [2.45, 2.75) is 37.3 Å². The monoisotopic (exact) mass is 324 g/mol. The molecular formula is C18H20N4O2. The third-order valence-corrected chi connectivity index (χ3v) is 4.74. The van der Waals surface area contributed by atoms with Crippen LogP contribution < -0.4 is 0 Å². The third kappa shape index (κ3) is 2.35. The smallest absolute Gasteiger partial charge is 0.119 e. The van der Waals surface area contributed by atoms with E-state index in [2.05, 4.69) is 34.3 Å². The average Bonchev–Trinajstić information content (AvgIpc) is 3.45. The van der Waals surface area contributed by atoms with E-state index >= 15 is 0 Å². The number of nitrogens with one attached hydrogen (secondary N) is 2. The number of aromatic nitrogens is 2. The Bertz CT molecular complexity index is 725. The van der Waals surface area contributed by atoms with Gasteiger partial charge in [0.15, 0.2) is 0 Å². The molecule has 6 rings (SSSR count). The maximum absolute atomic E-state index is 5.68. The van der Waals surface area contributed by atoms with Gasteiger partial charge in [-0.3, -0.25) is 9.97 Å². The fourth-order valence-electron chi connectivity index (χ4n) is 3.73. The van der Waals surface area contributed by atoms with E-state index in [-0.39, 0.29) is 13.6 Å². The lowest BCUT2D eigenvalue weighted by Crippen LogP contribution is -1.99. The topological polar surface area (TPSA) is 91.9 Å².